The first-order valence-corrected chi connectivity index (χ1v) is 11.0. The van der Waals surface area contributed by atoms with Gasteiger partial charge in [-0.1, -0.05) is 47.1 Å². The molecule has 0 aliphatic heterocycles. The number of H-pyrrole nitrogens is 1. The number of nitriles is 1. The largest absolute Gasteiger partial charge is 0.371 e. The average Bonchev–Trinajstić information content (AvgIpc) is 3.40. The molecule has 172 valence electrons. The lowest BCUT2D eigenvalue weighted by molar-refractivity contribution is 0.852. The molecule has 0 bridgehead atoms. The second-order valence-corrected chi connectivity index (χ2v) is 8.32. The molecule has 10 heteroatoms. The molecule has 0 aliphatic rings. The van der Waals surface area contributed by atoms with E-state index in [9.17, 15) is 10.1 Å². The Morgan fingerprint density at radius 1 is 1.17 bits per heavy atom. The van der Waals surface area contributed by atoms with Gasteiger partial charge in [0.25, 0.3) is 0 Å². The number of aromatic amines is 1. The first kappa shape index (κ1) is 22.1. The van der Waals surface area contributed by atoms with Gasteiger partial charge in [-0.25, -0.2) is 0 Å². The molecule has 9 nitrogen and oxygen atoms in total. The van der Waals surface area contributed by atoms with Crippen LogP contribution in [0.1, 0.15) is 22.9 Å². The third-order valence-corrected chi connectivity index (χ3v) is 5.79. The van der Waals surface area contributed by atoms with E-state index in [1.54, 1.807) is 37.6 Å². The number of rotatable bonds is 6. The van der Waals surface area contributed by atoms with Crippen molar-refractivity contribution in [2.75, 3.05) is 10.6 Å². The molecule has 3 aromatic heterocycles. The lowest BCUT2D eigenvalue weighted by Gasteiger charge is -2.20. The quantitative estimate of drug-likeness (QED) is 0.325. The second-order valence-electron chi connectivity index (χ2n) is 7.89. The van der Waals surface area contributed by atoms with Gasteiger partial charge < -0.3 is 15.2 Å². The summed E-state index contributed by atoms with van der Waals surface area (Å²) < 4.78 is 1.46. The Hall–Kier alpha value is -4.68. The van der Waals surface area contributed by atoms with Crippen LogP contribution in [0.3, 0.4) is 0 Å². The molecule has 0 spiro atoms. The summed E-state index contributed by atoms with van der Waals surface area (Å²) >= 11 is 6.54. The van der Waals surface area contributed by atoms with Gasteiger partial charge in [0, 0.05) is 42.1 Å². The number of hydrogen-bond acceptors (Lipinski definition) is 7. The summed E-state index contributed by atoms with van der Waals surface area (Å²) in [6.07, 6.45) is 4.90. The number of pyridine rings is 2. The smallest absolute Gasteiger partial charge is 0.250 e. The van der Waals surface area contributed by atoms with Crippen molar-refractivity contribution < 1.29 is 0 Å². The molecule has 1 atom stereocenters. The SMILES string of the molecule is Cn1cc(Nc2c(C#N)cnc3c(N[C@@H](c4ccccc4)c4c[nH]nn4)cc(Cl)cc23)ccc1=O. The van der Waals surface area contributed by atoms with Gasteiger partial charge in [-0.3, -0.25) is 14.9 Å². The Labute approximate surface area is 205 Å². The minimum Gasteiger partial charge on any atom is -0.371 e. The first-order valence-electron chi connectivity index (χ1n) is 10.7. The van der Waals surface area contributed by atoms with E-state index in [0.29, 0.717) is 44.2 Å². The zero-order valence-corrected chi connectivity index (χ0v) is 19.3. The highest BCUT2D eigenvalue weighted by atomic mass is 35.5. The summed E-state index contributed by atoms with van der Waals surface area (Å²) in [5.74, 6) is 0. The number of aromatic nitrogens is 5. The standard InChI is InChI=1S/C25H19ClN8O/c1-34-14-18(7-8-22(34)35)30-23-16(11-27)12-28-25-19(23)9-17(26)10-20(25)31-24(21-13-29-33-32-21)15-5-3-2-4-6-15/h2-10,12-14,24,31H,1H3,(H,28,30)(H,29,32,33)/t24-/m0/s1. The minimum atomic E-state index is -0.325. The van der Waals surface area contributed by atoms with Gasteiger partial charge in [0.15, 0.2) is 0 Å². The van der Waals surface area contributed by atoms with Gasteiger partial charge in [0.1, 0.15) is 11.8 Å². The van der Waals surface area contributed by atoms with Crippen LogP contribution in [0.5, 0.6) is 0 Å². The van der Waals surface area contributed by atoms with E-state index < -0.39 is 0 Å². The first-order chi connectivity index (χ1) is 17.0. The molecule has 0 amide bonds. The molecule has 5 aromatic rings. The molecule has 3 N–H and O–H groups in total. The van der Waals surface area contributed by atoms with Crippen LogP contribution in [0, 0.1) is 11.3 Å². The van der Waals surface area contributed by atoms with Crippen molar-refractivity contribution >= 4 is 39.6 Å². The molecule has 0 saturated heterocycles. The van der Waals surface area contributed by atoms with Crippen molar-refractivity contribution in [1.29, 1.82) is 5.26 Å². The average molecular weight is 483 g/mol. The highest BCUT2D eigenvalue weighted by Crippen LogP contribution is 2.37. The van der Waals surface area contributed by atoms with Crippen LogP contribution in [0.2, 0.25) is 5.02 Å². The number of halogens is 1. The molecule has 0 unspecified atom stereocenters. The van der Waals surface area contributed by atoms with Gasteiger partial charge in [-0.15, -0.1) is 5.10 Å². The molecular formula is C25H19ClN8O. The molecule has 0 aliphatic carbocycles. The number of nitrogens with zero attached hydrogens (tertiary/aromatic N) is 5. The Kier molecular flexibility index (Phi) is 5.87. The number of hydrogen-bond donors (Lipinski definition) is 3. The fraction of sp³-hybridized carbons (Fsp3) is 0.0800. The lowest BCUT2D eigenvalue weighted by Crippen LogP contribution is -2.15. The molecule has 0 radical (unpaired) electrons. The maximum absolute atomic E-state index is 11.8. The van der Waals surface area contributed by atoms with Gasteiger partial charge in [-0.05, 0) is 23.8 Å². The predicted octanol–water partition coefficient (Wildman–Crippen LogP) is 4.52. The summed E-state index contributed by atoms with van der Waals surface area (Å²) in [7, 11) is 1.66. The van der Waals surface area contributed by atoms with E-state index in [1.165, 1.54) is 16.8 Å². The fourth-order valence-corrected chi connectivity index (χ4v) is 4.11. The molecule has 5 rings (SSSR count). The number of nitrogens with one attached hydrogen (secondary N) is 3. The van der Waals surface area contributed by atoms with E-state index in [4.69, 9.17) is 11.6 Å². The molecule has 2 aromatic carbocycles. The predicted molar refractivity (Wildman–Crippen MR) is 135 cm³/mol. The molecule has 3 heterocycles. The van der Waals surface area contributed by atoms with Crippen LogP contribution in [0.15, 0.2) is 78.0 Å². The van der Waals surface area contributed by atoms with Crippen molar-refractivity contribution in [3.8, 4) is 6.07 Å². The van der Waals surface area contributed by atoms with Crippen molar-refractivity contribution in [2.24, 2.45) is 7.05 Å². The van der Waals surface area contributed by atoms with Gasteiger partial charge in [0.2, 0.25) is 5.56 Å². The van der Waals surface area contributed by atoms with Crippen molar-refractivity contribution in [3.05, 3.63) is 105 Å². The van der Waals surface area contributed by atoms with E-state index in [-0.39, 0.29) is 11.6 Å². The maximum Gasteiger partial charge on any atom is 0.250 e. The van der Waals surface area contributed by atoms with Crippen molar-refractivity contribution in [1.82, 2.24) is 25.0 Å². The number of aryl methyl sites for hydroxylation is 1. The van der Waals surface area contributed by atoms with Gasteiger partial charge >= 0.3 is 0 Å². The van der Waals surface area contributed by atoms with Crippen LogP contribution in [0.4, 0.5) is 17.1 Å². The summed E-state index contributed by atoms with van der Waals surface area (Å²) in [4.78, 5) is 16.4. The number of anilines is 3. The van der Waals surface area contributed by atoms with Crippen molar-refractivity contribution in [2.45, 2.75) is 6.04 Å². The zero-order chi connectivity index (χ0) is 24.4. The maximum atomic E-state index is 11.8. The van der Waals surface area contributed by atoms with Crippen LogP contribution in [-0.4, -0.2) is 25.0 Å². The van der Waals surface area contributed by atoms with Crippen LogP contribution < -0.4 is 16.2 Å². The third-order valence-electron chi connectivity index (χ3n) is 5.58. The summed E-state index contributed by atoms with van der Waals surface area (Å²) in [6.45, 7) is 0. The number of fused-ring (bicyclic) bond motifs is 1. The van der Waals surface area contributed by atoms with Crippen molar-refractivity contribution in [3.63, 3.8) is 0 Å². The molecule has 0 fully saturated rings. The topological polar surface area (TPSA) is 124 Å². The van der Waals surface area contributed by atoms with E-state index in [0.717, 1.165) is 5.56 Å². The van der Waals surface area contributed by atoms with Crippen LogP contribution in [0.25, 0.3) is 10.9 Å². The molecule has 35 heavy (non-hydrogen) atoms. The van der Waals surface area contributed by atoms with E-state index >= 15 is 0 Å². The highest BCUT2D eigenvalue weighted by Gasteiger charge is 2.20. The summed E-state index contributed by atoms with van der Waals surface area (Å²) in [6, 6.07) is 18.4. The summed E-state index contributed by atoms with van der Waals surface area (Å²) in [5, 5.41) is 28.5. The molecule has 0 saturated carbocycles. The Bertz CT molecular complexity index is 1610. The monoisotopic (exact) mass is 482 g/mol. The Morgan fingerprint density at radius 2 is 2.00 bits per heavy atom. The Balaban J connectivity index is 1.64. The van der Waals surface area contributed by atoms with E-state index in [2.05, 4.69) is 37.1 Å². The second kappa shape index (κ2) is 9.29. The summed E-state index contributed by atoms with van der Waals surface area (Å²) in [5.41, 5.74) is 4.35. The fourth-order valence-electron chi connectivity index (χ4n) is 3.89. The van der Waals surface area contributed by atoms with Crippen LogP contribution >= 0.6 is 11.6 Å². The van der Waals surface area contributed by atoms with Gasteiger partial charge in [0.05, 0.1) is 34.2 Å². The zero-order valence-electron chi connectivity index (χ0n) is 18.5. The lowest BCUT2D eigenvalue weighted by atomic mass is 10.0. The number of benzene rings is 2. The molecular weight excluding hydrogens is 464 g/mol. The van der Waals surface area contributed by atoms with E-state index in [1.807, 2.05) is 30.3 Å². The normalized spacial score (nSPS) is 11.7. The van der Waals surface area contributed by atoms with Crippen LogP contribution in [-0.2, 0) is 7.05 Å². The highest BCUT2D eigenvalue weighted by molar-refractivity contribution is 6.32. The minimum absolute atomic E-state index is 0.134. The Morgan fingerprint density at radius 3 is 2.71 bits per heavy atom. The van der Waals surface area contributed by atoms with Gasteiger partial charge in [-0.2, -0.15) is 5.26 Å². The third kappa shape index (κ3) is 4.43.